The van der Waals surface area contributed by atoms with Crippen molar-refractivity contribution in [1.29, 1.82) is 0 Å². The second-order valence-electron chi connectivity index (χ2n) is 4.49. The molecule has 0 spiro atoms. The van der Waals surface area contributed by atoms with Gasteiger partial charge in [-0.25, -0.2) is 0 Å². The average Bonchev–Trinajstić information content (AvgIpc) is 2.28. The monoisotopic (exact) mass is 276 g/mol. The summed E-state index contributed by atoms with van der Waals surface area (Å²) in [5.74, 6) is -0.143. The zero-order chi connectivity index (χ0) is 14.3. The molecule has 0 aromatic heterocycles. The van der Waals surface area contributed by atoms with Gasteiger partial charge in [-0.2, -0.15) is 0 Å². The van der Waals surface area contributed by atoms with E-state index in [9.17, 15) is 13.2 Å². The van der Waals surface area contributed by atoms with Gasteiger partial charge in [-0.15, -0.1) is 13.2 Å². The molecular formula is C13H19F3N2O. The van der Waals surface area contributed by atoms with E-state index in [1.807, 2.05) is 14.1 Å². The van der Waals surface area contributed by atoms with E-state index >= 15 is 0 Å². The number of halogens is 3. The van der Waals surface area contributed by atoms with Crippen LogP contribution in [-0.4, -0.2) is 38.4 Å². The summed E-state index contributed by atoms with van der Waals surface area (Å²) in [6.45, 7) is 2.05. The summed E-state index contributed by atoms with van der Waals surface area (Å²) < 4.78 is 40.6. The molecule has 1 aromatic rings. The van der Waals surface area contributed by atoms with Gasteiger partial charge in [-0.3, -0.25) is 0 Å². The molecule has 108 valence electrons. The fourth-order valence-corrected chi connectivity index (χ4v) is 1.62. The van der Waals surface area contributed by atoms with Crippen molar-refractivity contribution in [2.45, 2.75) is 19.3 Å². The van der Waals surface area contributed by atoms with Crippen molar-refractivity contribution < 1.29 is 17.9 Å². The smallest absolute Gasteiger partial charge is 0.405 e. The van der Waals surface area contributed by atoms with E-state index in [0.29, 0.717) is 12.1 Å². The van der Waals surface area contributed by atoms with Gasteiger partial charge in [-0.05, 0) is 39.7 Å². The van der Waals surface area contributed by atoms with E-state index in [1.54, 1.807) is 12.1 Å². The molecule has 0 bridgehead atoms. The summed E-state index contributed by atoms with van der Waals surface area (Å²) in [7, 11) is 3.96. The molecule has 0 heterocycles. The molecule has 19 heavy (non-hydrogen) atoms. The van der Waals surface area contributed by atoms with Crippen LogP contribution in [0.25, 0.3) is 0 Å². The van der Waals surface area contributed by atoms with Gasteiger partial charge in [0.2, 0.25) is 0 Å². The molecule has 0 fully saturated rings. The highest BCUT2D eigenvalue weighted by Gasteiger charge is 2.31. The number of benzene rings is 1. The Morgan fingerprint density at radius 3 is 2.53 bits per heavy atom. The molecule has 0 amide bonds. The van der Waals surface area contributed by atoms with E-state index < -0.39 is 6.36 Å². The molecule has 0 aliphatic carbocycles. The Morgan fingerprint density at radius 2 is 1.89 bits per heavy atom. The van der Waals surface area contributed by atoms with E-state index in [-0.39, 0.29) is 5.75 Å². The van der Waals surface area contributed by atoms with Crippen molar-refractivity contribution in [2.24, 2.45) is 0 Å². The normalized spacial score (nSPS) is 11.9. The molecule has 0 aliphatic rings. The third kappa shape index (κ3) is 7.03. The SMILES string of the molecule is CN(C)CCCNCc1ccccc1OC(F)(F)F. The minimum atomic E-state index is -4.65. The van der Waals surface area contributed by atoms with Crippen molar-refractivity contribution in [3.05, 3.63) is 29.8 Å². The van der Waals surface area contributed by atoms with Crippen molar-refractivity contribution in [3.63, 3.8) is 0 Å². The van der Waals surface area contributed by atoms with Gasteiger partial charge in [-0.1, -0.05) is 18.2 Å². The zero-order valence-corrected chi connectivity index (χ0v) is 11.1. The number of para-hydroxylation sites is 1. The molecule has 0 aliphatic heterocycles. The van der Waals surface area contributed by atoms with Crippen LogP contribution in [0.2, 0.25) is 0 Å². The molecule has 0 saturated carbocycles. The van der Waals surface area contributed by atoms with Crippen LogP contribution in [0.1, 0.15) is 12.0 Å². The standard InChI is InChI=1S/C13H19F3N2O/c1-18(2)9-5-8-17-10-11-6-3-4-7-12(11)19-13(14,15)16/h3-4,6-7,17H,5,8-10H2,1-2H3. The second-order valence-corrected chi connectivity index (χ2v) is 4.49. The lowest BCUT2D eigenvalue weighted by molar-refractivity contribution is -0.274. The van der Waals surface area contributed by atoms with E-state index in [1.165, 1.54) is 12.1 Å². The van der Waals surface area contributed by atoms with Crippen LogP contribution in [0.5, 0.6) is 5.75 Å². The molecule has 0 atom stereocenters. The molecule has 0 unspecified atom stereocenters. The first-order chi connectivity index (χ1) is 8.88. The van der Waals surface area contributed by atoms with Gasteiger partial charge < -0.3 is 15.0 Å². The maximum atomic E-state index is 12.2. The lowest BCUT2D eigenvalue weighted by Crippen LogP contribution is -2.22. The van der Waals surface area contributed by atoms with Crippen molar-refractivity contribution in [3.8, 4) is 5.75 Å². The molecule has 3 nitrogen and oxygen atoms in total. The third-order valence-corrected chi connectivity index (χ3v) is 2.47. The van der Waals surface area contributed by atoms with Crippen molar-refractivity contribution >= 4 is 0 Å². The molecule has 1 rings (SSSR count). The first-order valence-corrected chi connectivity index (χ1v) is 6.07. The number of hydrogen-bond donors (Lipinski definition) is 1. The number of ether oxygens (including phenoxy) is 1. The van der Waals surface area contributed by atoms with Crippen LogP contribution in [-0.2, 0) is 6.54 Å². The number of rotatable bonds is 7. The van der Waals surface area contributed by atoms with Crippen LogP contribution in [0.15, 0.2) is 24.3 Å². The van der Waals surface area contributed by atoms with E-state index in [0.717, 1.165) is 19.5 Å². The Morgan fingerprint density at radius 1 is 1.21 bits per heavy atom. The topological polar surface area (TPSA) is 24.5 Å². The van der Waals surface area contributed by atoms with Gasteiger partial charge >= 0.3 is 6.36 Å². The highest BCUT2D eigenvalue weighted by atomic mass is 19.4. The lowest BCUT2D eigenvalue weighted by Gasteiger charge is -2.14. The minimum absolute atomic E-state index is 0.143. The summed E-state index contributed by atoms with van der Waals surface area (Å²) in [6.07, 6.45) is -3.71. The molecule has 0 radical (unpaired) electrons. The van der Waals surface area contributed by atoms with Crippen LogP contribution in [0.3, 0.4) is 0 Å². The number of nitrogens with zero attached hydrogens (tertiary/aromatic N) is 1. The highest BCUT2D eigenvalue weighted by molar-refractivity contribution is 5.33. The second kappa shape index (κ2) is 7.35. The average molecular weight is 276 g/mol. The summed E-state index contributed by atoms with van der Waals surface area (Å²) in [4.78, 5) is 2.06. The maximum Gasteiger partial charge on any atom is 0.573 e. The fourth-order valence-electron chi connectivity index (χ4n) is 1.62. The first-order valence-electron chi connectivity index (χ1n) is 6.07. The Hall–Kier alpha value is -1.27. The van der Waals surface area contributed by atoms with E-state index in [2.05, 4.69) is 15.0 Å². The lowest BCUT2D eigenvalue weighted by atomic mass is 10.2. The summed E-state index contributed by atoms with van der Waals surface area (Å²) in [5.41, 5.74) is 0.504. The third-order valence-electron chi connectivity index (χ3n) is 2.47. The van der Waals surface area contributed by atoms with Gasteiger partial charge in [0.05, 0.1) is 0 Å². The van der Waals surface area contributed by atoms with Crippen LogP contribution in [0.4, 0.5) is 13.2 Å². The molecule has 1 N–H and O–H groups in total. The molecular weight excluding hydrogens is 257 g/mol. The van der Waals surface area contributed by atoms with Crippen LogP contribution in [0, 0.1) is 0 Å². The molecule has 1 aromatic carbocycles. The van der Waals surface area contributed by atoms with Crippen molar-refractivity contribution in [1.82, 2.24) is 10.2 Å². The maximum absolute atomic E-state index is 12.2. The Balaban J connectivity index is 2.45. The summed E-state index contributed by atoms with van der Waals surface area (Å²) in [5, 5.41) is 3.11. The molecule has 6 heteroatoms. The van der Waals surface area contributed by atoms with Gasteiger partial charge in [0, 0.05) is 12.1 Å². The fraction of sp³-hybridized carbons (Fsp3) is 0.538. The summed E-state index contributed by atoms with van der Waals surface area (Å²) >= 11 is 0. The van der Waals surface area contributed by atoms with Gasteiger partial charge in [0.25, 0.3) is 0 Å². The quantitative estimate of drug-likeness (QED) is 0.775. The predicted molar refractivity (Wildman–Crippen MR) is 68.0 cm³/mol. The van der Waals surface area contributed by atoms with Crippen LogP contribution >= 0.6 is 0 Å². The van der Waals surface area contributed by atoms with Gasteiger partial charge in [0.15, 0.2) is 0 Å². The Labute approximate surface area is 111 Å². The number of nitrogens with one attached hydrogen (secondary N) is 1. The number of alkyl halides is 3. The predicted octanol–water partition coefficient (Wildman–Crippen LogP) is 2.63. The van der Waals surface area contributed by atoms with Crippen molar-refractivity contribution in [2.75, 3.05) is 27.2 Å². The highest BCUT2D eigenvalue weighted by Crippen LogP contribution is 2.25. The molecule has 0 saturated heterocycles. The largest absolute Gasteiger partial charge is 0.573 e. The summed E-state index contributed by atoms with van der Waals surface area (Å²) in [6, 6.07) is 6.17. The Bertz CT molecular complexity index is 380. The zero-order valence-electron chi connectivity index (χ0n) is 11.1. The first kappa shape index (κ1) is 15.8. The van der Waals surface area contributed by atoms with Crippen LogP contribution < -0.4 is 10.1 Å². The van der Waals surface area contributed by atoms with Gasteiger partial charge in [0.1, 0.15) is 5.75 Å². The number of hydrogen-bond acceptors (Lipinski definition) is 3. The minimum Gasteiger partial charge on any atom is -0.405 e. The van der Waals surface area contributed by atoms with E-state index in [4.69, 9.17) is 0 Å². The Kier molecular flexibility index (Phi) is 6.11.